The molecule has 0 atom stereocenters. The van der Waals surface area contributed by atoms with Crippen molar-refractivity contribution in [3.8, 4) is 11.5 Å². The summed E-state index contributed by atoms with van der Waals surface area (Å²) in [6, 6.07) is 11.9. The molecule has 0 saturated carbocycles. The first-order valence-electron chi connectivity index (χ1n) is 5.73. The lowest BCUT2D eigenvalue weighted by Gasteiger charge is -2.08. The van der Waals surface area contributed by atoms with Crippen molar-refractivity contribution in [2.75, 3.05) is 14.2 Å². The predicted molar refractivity (Wildman–Crippen MR) is 72.4 cm³/mol. The van der Waals surface area contributed by atoms with E-state index in [4.69, 9.17) is 9.47 Å². The molecule has 0 aliphatic rings. The fourth-order valence-electron chi connectivity index (χ4n) is 2.20. The summed E-state index contributed by atoms with van der Waals surface area (Å²) in [5, 5.41) is 3.27. The van der Waals surface area contributed by atoms with Crippen LogP contribution in [0.4, 0.5) is 0 Å². The minimum atomic E-state index is 0.817. The third kappa shape index (κ3) is 1.56. The summed E-state index contributed by atoms with van der Waals surface area (Å²) in [7, 11) is 3.33. The summed E-state index contributed by atoms with van der Waals surface area (Å²) in [4.78, 5) is 4.47. The summed E-state index contributed by atoms with van der Waals surface area (Å²) in [5.41, 5.74) is 0.926. The largest absolute Gasteiger partial charge is 0.497 e. The molecular weight excluding hydrogens is 226 g/mol. The van der Waals surface area contributed by atoms with Gasteiger partial charge in [-0.3, -0.25) is 4.98 Å². The molecule has 3 rings (SSSR count). The number of pyridine rings is 1. The van der Waals surface area contributed by atoms with E-state index in [0.29, 0.717) is 0 Å². The lowest BCUT2D eigenvalue weighted by molar-refractivity contribution is 0.415. The van der Waals surface area contributed by atoms with Crippen molar-refractivity contribution in [1.29, 1.82) is 0 Å². The van der Waals surface area contributed by atoms with Gasteiger partial charge in [0.25, 0.3) is 0 Å². The third-order valence-corrected chi connectivity index (χ3v) is 3.11. The molecule has 0 fully saturated rings. The molecule has 0 bridgehead atoms. The molecule has 90 valence electrons. The van der Waals surface area contributed by atoms with Gasteiger partial charge in [0, 0.05) is 23.0 Å². The van der Waals surface area contributed by atoms with Crippen molar-refractivity contribution in [2.24, 2.45) is 0 Å². The SMILES string of the molecule is COc1ccc2c(c1)ncc1c(OC)cccc12. The van der Waals surface area contributed by atoms with Crippen LogP contribution >= 0.6 is 0 Å². The molecule has 0 amide bonds. The van der Waals surface area contributed by atoms with E-state index in [1.807, 2.05) is 36.5 Å². The molecule has 3 heteroatoms. The van der Waals surface area contributed by atoms with E-state index in [-0.39, 0.29) is 0 Å². The summed E-state index contributed by atoms with van der Waals surface area (Å²) in [5.74, 6) is 1.66. The molecule has 0 spiro atoms. The number of methoxy groups -OCH3 is 2. The molecule has 0 aliphatic carbocycles. The first-order valence-corrected chi connectivity index (χ1v) is 5.73. The number of rotatable bonds is 2. The number of benzene rings is 2. The number of hydrogen-bond donors (Lipinski definition) is 0. The lowest BCUT2D eigenvalue weighted by atomic mass is 10.1. The highest BCUT2D eigenvalue weighted by atomic mass is 16.5. The highest BCUT2D eigenvalue weighted by molar-refractivity contribution is 6.07. The Morgan fingerprint density at radius 1 is 0.889 bits per heavy atom. The monoisotopic (exact) mass is 239 g/mol. The second-order valence-corrected chi connectivity index (χ2v) is 4.06. The predicted octanol–water partition coefficient (Wildman–Crippen LogP) is 3.41. The van der Waals surface area contributed by atoms with Gasteiger partial charge >= 0.3 is 0 Å². The van der Waals surface area contributed by atoms with Gasteiger partial charge in [-0.25, -0.2) is 0 Å². The molecule has 1 aromatic heterocycles. The average molecular weight is 239 g/mol. The Kier molecular flexibility index (Phi) is 2.52. The Labute approximate surface area is 105 Å². The van der Waals surface area contributed by atoms with Crippen LogP contribution < -0.4 is 9.47 Å². The summed E-state index contributed by atoms with van der Waals surface area (Å²) < 4.78 is 10.6. The molecule has 0 aliphatic heterocycles. The lowest BCUT2D eigenvalue weighted by Crippen LogP contribution is -1.88. The van der Waals surface area contributed by atoms with Crippen LogP contribution in [0, 0.1) is 0 Å². The highest BCUT2D eigenvalue weighted by Crippen LogP contribution is 2.31. The van der Waals surface area contributed by atoms with Crippen molar-refractivity contribution in [1.82, 2.24) is 4.98 Å². The Morgan fingerprint density at radius 3 is 2.56 bits per heavy atom. The molecule has 18 heavy (non-hydrogen) atoms. The smallest absolute Gasteiger partial charge is 0.128 e. The van der Waals surface area contributed by atoms with Crippen LogP contribution in [-0.2, 0) is 0 Å². The molecule has 0 unspecified atom stereocenters. The fraction of sp³-hybridized carbons (Fsp3) is 0.133. The second kappa shape index (κ2) is 4.18. The first kappa shape index (κ1) is 10.8. The standard InChI is InChI=1S/C15H13NO2/c1-17-10-6-7-12-11-4-3-5-15(18-2)13(11)9-16-14(12)8-10/h3-9H,1-2H3. The van der Waals surface area contributed by atoms with Crippen LogP contribution in [0.5, 0.6) is 11.5 Å². The Balaban J connectivity index is 2.39. The van der Waals surface area contributed by atoms with E-state index >= 15 is 0 Å². The number of ether oxygens (including phenoxy) is 2. The maximum absolute atomic E-state index is 5.36. The van der Waals surface area contributed by atoms with Gasteiger partial charge in [-0.2, -0.15) is 0 Å². The molecule has 0 radical (unpaired) electrons. The van der Waals surface area contributed by atoms with E-state index in [0.717, 1.165) is 33.2 Å². The first-order chi connectivity index (χ1) is 8.83. The van der Waals surface area contributed by atoms with Crippen LogP contribution in [0.1, 0.15) is 0 Å². The quantitative estimate of drug-likeness (QED) is 0.642. The Morgan fingerprint density at radius 2 is 1.78 bits per heavy atom. The van der Waals surface area contributed by atoms with Gasteiger partial charge < -0.3 is 9.47 Å². The van der Waals surface area contributed by atoms with Crippen LogP contribution in [0.15, 0.2) is 42.6 Å². The summed E-state index contributed by atoms with van der Waals surface area (Å²) >= 11 is 0. The number of fused-ring (bicyclic) bond motifs is 3. The van der Waals surface area contributed by atoms with Gasteiger partial charge in [-0.1, -0.05) is 12.1 Å². The van der Waals surface area contributed by atoms with Gasteiger partial charge in [0.05, 0.1) is 19.7 Å². The molecule has 0 saturated heterocycles. The van der Waals surface area contributed by atoms with E-state index in [2.05, 4.69) is 11.1 Å². The molecule has 1 heterocycles. The average Bonchev–Trinajstić information content (AvgIpc) is 2.45. The fourth-order valence-corrected chi connectivity index (χ4v) is 2.20. The summed E-state index contributed by atoms with van der Waals surface area (Å²) in [6.07, 6.45) is 1.84. The zero-order chi connectivity index (χ0) is 12.5. The van der Waals surface area contributed by atoms with Gasteiger partial charge in [-0.15, -0.1) is 0 Å². The number of hydrogen-bond acceptors (Lipinski definition) is 3. The number of nitrogens with zero attached hydrogens (tertiary/aromatic N) is 1. The van der Waals surface area contributed by atoms with Crippen LogP contribution in [-0.4, -0.2) is 19.2 Å². The van der Waals surface area contributed by atoms with Gasteiger partial charge in [0.15, 0.2) is 0 Å². The minimum Gasteiger partial charge on any atom is -0.497 e. The van der Waals surface area contributed by atoms with E-state index in [9.17, 15) is 0 Å². The maximum atomic E-state index is 5.36. The molecule has 3 nitrogen and oxygen atoms in total. The van der Waals surface area contributed by atoms with Gasteiger partial charge in [-0.05, 0) is 23.6 Å². The van der Waals surface area contributed by atoms with Gasteiger partial charge in [0.1, 0.15) is 11.5 Å². The maximum Gasteiger partial charge on any atom is 0.128 e. The highest BCUT2D eigenvalue weighted by Gasteiger charge is 2.06. The Bertz CT molecular complexity index is 722. The minimum absolute atomic E-state index is 0.817. The molecule has 2 aromatic carbocycles. The van der Waals surface area contributed by atoms with Gasteiger partial charge in [0.2, 0.25) is 0 Å². The second-order valence-electron chi connectivity index (χ2n) is 4.06. The molecule has 0 N–H and O–H groups in total. The van der Waals surface area contributed by atoms with Crippen molar-refractivity contribution in [3.63, 3.8) is 0 Å². The van der Waals surface area contributed by atoms with E-state index < -0.39 is 0 Å². The van der Waals surface area contributed by atoms with Crippen LogP contribution in [0.25, 0.3) is 21.7 Å². The zero-order valence-corrected chi connectivity index (χ0v) is 10.3. The Hall–Kier alpha value is -2.29. The molecule has 3 aromatic rings. The van der Waals surface area contributed by atoms with Crippen molar-refractivity contribution >= 4 is 21.7 Å². The normalized spacial score (nSPS) is 10.8. The van der Waals surface area contributed by atoms with E-state index in [1.165, 1.54) is 0 Å². The summed E-state index contributed by atoms with van der Waals surface area (Å²) in [6.45, 7) is 0. The number of aromatic nitrogens is 1. The molecular formula is C15H13NO2. The van der Waals surface area contributed by atoms with Crippen molar-refractivity contribution in [3.05, 3.63) is 42.6 Å². The van der Waals surface area contributed by atoms with E-state index in [1.54, 1.807) is 14.2 Å². The van der Waals surface area contributed by atoms with Crippen LogP contribution in [0.2, 0.25) is 0 Å². The zero-order valence-electron chi connectivity index (χ0n) is 10.3. The van der Waals surface area contributed by atoms with Crippen molar-refractivity contribution < 1.29 is 9.47 Å². The topological polar surface area (TPSA) is 31.4 Å². The van der Waals surface area contributed by atoms with Crippen molar-refractivity contribution in [2.45, 2.75) is 0 Å². The van der Waals surface area contributed by atoms with Crippen LogP contribution in [0.3, 0.4) is 0 Å². The third-order valence-electron chi connectivity index (χ3n) is 3.11.